The topological polar surface area (TPSA) is 111 Å². The van der Waals surface area contributed by atoms with E-state index in [1.165, 1.54) is 0 Å². The molecule has 7 heteroatoms. The second-order valence-electron chi connectivity index (χ2n) is 4.34. The van der Waals surface area contributed by atoms with Crippen LogP contribution in [0.3, 0.4) is 0 Å². The molecule has 0 aromatic heterocycles. The molecule has 1 fully saturated rings. The van der Waals surface area contributed by atoms with Crippen LogP contribution < -0.4 is 11.1 Å². The van der Waals surface area contributed by atoms with Gasteiger partial charge in [-0.3, -0.25) is 4.79 Å². The van der Waals surface area contributed by atoms with Crippen molar-refractivity contribution in [3.63, 3.8) is 0 Å². The number of nitrogens with one attached hydrogen (secondary N) is 1. The Morgan fingerprint density at radius 1 is 1.56 bits per heavy atom. The van der Waals surface area contributed by atoms with Gasteiger partial charge in [0.2, 0.25) is 5.91 Å². The summed E-state index contributed by atoms with van der Waals surface area (Å²) in [4.78, 5) is 22.8. The molecule has 0 bridgehead atoms. The summed E-state index contributed by atoms with van der Waals surface area (Å²) in [6.07, 6.45) is 0.901. The zero-order chi connectivity index (χ0) is 13.5. The summed E-state index contributed by atoms with van der Waals surface area (Å²) in [6.45, 7) is 1.04. The predicted molar refractivity (Wildman–Crippen MR) is 63.0 cm³/mol. The summed E-state index contributed by atoms with van der Waals surface area (Å²) in [5, 5.41) is 11.5. The normalized spacial score (nSPS) is 24.8. The van der Waals surface area contributed by atoms with Crippen molar-refractivity contribution < 1.29 is 24.2 Å². The third-order valence-corrected chi connectivity index (χ3v) is 2.92. The van der Waals surface area contributed by atoms with Crippen LogP contribution in [0.2, 0.25) is 0 Å². The van der Waals surface area contributed by atoms with E-state index < -0.39 is 17.9 Å². The largest absolute Gasteiger partial charge is 0.480 e. The molecule has 1 aliphatic rings. The molecule has 0 aromatic rings. The molecule has 3 atom stereocenters. The first-order chi connectivity index (χ1) is 8.56. The molecule has 3 unspecified atom stereocenters. The minimum atomic E-state index is -1.05. The lowest BCUT2D eigenvalue weighted by Gasteiger charge is -2.18. The fraction of sp³-hybridized carbons (Fsp3) is 0.818. The van der Waals surface area contributed by atoms with Gasteiger partial charge in [0, 0.05) is 19.8 Å². The monoisotopic (exact) mass is 260 g/mol. The van der Waals surface area contributed by atoms with Crippen LogP contribution in [-0.4, -0.2) is 56.0 Å². The number of amides is 1. The van der Waals surface area contributed by atoms with E-state index in [2.05, 4.69) is 5.32 Å². The van der Waals surface area contributed by atoms with E-state index in [-0.39, 0.29) is 18.6 Å². The van der Waals surface area contributed by atoms with Gasteiger partial charge in [0.25, 0.3) is 0 Å². The molecule has 0 aromatic carbocycles. The first-order valence-electron chi connectivity index (χ1n) is 5.91. The lowest BCUT2D eigenvalue weighted by molar-refractivity contribution is -0.142. The first kappa shape index (κ1) is 14.9. The minimum Gasteiger partial charge on any atom is -0.480 e. The first-order valence-corrected chi connectivity index (χ1v) is 5.91. The number of aliphatic carboxylic acids is 1. The zero-order valence-corrected chi connectivity index (χ0v) is 10.4. The summed E-state index contributed by atoms with van der Waals surface area (Å²) in [5.41, 5.74) is 5.70. The Hall–Kier alpha value is -1.18. The van der Waals surface area contributed by atoms with Crippen molar-refractivity contribution in [1.82, 2.24) is 5.32 Å². The van der Waals surface area contributed by atoms with Gasteiger partial charge in [0.1, 0.15) is 6.04 Å². The van der Waals surface area contributed by atoms with Crippen LogP contribution in [0.15, 0.2) is 0 Å². The van der Waals surface area contributed by atoms with Gasteiger partial charge in [0.15, 0.2) is 0 Å². The van der Waals surface area contributed by atoms with Crippen molar-refractivity contribution in [3.8, 4) is 0 Å². The maximum Gasteiger partial charge on any atom is 0.326 e. The molecular formula is C11H20N2O5. The van der Waals surface area contributed by atoms with Gasteiger partial charge < -0.3 is 25.6 Å². The smallest absolute Gasteiger partial charge is 0.326 e. The summed E-state index contributed by atoms with van der Waals surface area (Å²) >= 11 is 0. The molecule has 18 heavy (non-hydrogen) atoms. The quantitative estimate of drug-likeness (QED) is 0.504. The second-order valence-corrected chi connectivity index (χ2v) is 4.34. The number of hydrogen-bond donors (Lipinski definition) is 3. The molecule has 0 spiro atoms. The zero-order valence-electron chi connectivity index (χ0n) is 10.4. The number of rotatable bonds is 7. The van der Waals surface area contributed by atoms with Crippen molar-refractivity contribution in [1.29, 1.82) is 0 Å². The number of carbonyl (C=O) groups excluding carboxylic acids is 1. The molecule has 7 nitrogen and oxygen atoms in total. The molecule has 1 heterocycles. The standard InChI is InChI=1S/C11H20N2O5/c1-17-4-2-3-9(11(15)16)13-10(14)7-5-18-6-8(7)12/h7-9H,2-6,12H2,1H3,(H,13,14)(H,15,16). The molecule has 1 rings (SSSR count). The van der Waals surface area contributed by atoms with Crippen molar-refractivity contribution in [2.75, 3.05) is 26.9 Å². The number of hydrogen-bond acceptors (Lipinski definition) is 5. The summed E-state index contributed by atoms with van der Waals surface area (Å²) in [6, 6.07) is -1.26. The Bertz CT molecular complexity index is 297. The fourth-order valence-corrected chi connectivity index (χ4v) is 1.81. The van der Waals surface area contributed by atoms with E-state index in [4.69, 9.17) is 20.3 Å². The van der Waals surface area contributed by atoms with Gasteiger partial charge in [0.05, 0.1) is 19.1 Å². The van der Waals surface area contributed by atoms with E-state index in [9.17, 15) is 9.59 Å². The average molecular weight is 260 g/mol. The average Bonchev–Trinajstić information content (AvgIpc) is 2.74. The van der Waals surface area contributed by atoms with E-state index in [1.54, 1.807) is 7.11 Å². The highest BCUT2D eigenvalue weighted by atomic mass is 16.5. The number of carboxylic acids is 1. The maximum atomic E-state index is 11.8. The summed E-state index contributed by atoms with van der Waals surface area (Å²) < 4.78 is 9.93. The molecule has 4 N–H and O–H groups in total. The molecule has 0 radical (unpaired) electrons. The van der Waals surface area contributed by atoms with Crippen LogP contribution in [0.1, 0.15) is 12.8 Å². The van der Waals surface area contributed by atoms with Crippen molar-refractivity contribution >= 4 is 11.9 Å². The van der Waals surface area contributed by atoms with Crippen LogP contribution in [-0.2, 0) is 19.1 Å². The van der Waals surface area contributed by atoms with Crippen molar-refractivity contribution in [2.24, 2.45) is 11.7 Å². The highest BCUT2D eigenvalue weighted by Crippen LogP contribution is 2.12. The Morgan fingerprint density at radius 2 is 2.28 bits per heavy atom. The maximum absolute atomic E-state index is 11.8. The Kier molecular flexibility index (Phi) is 6.03. The highest BCUT2D eigenvalue weighted by Gasteiger charge is 2.33. The van der Waals surface area contributed by atoms with Gasteiger partial charge in [-0.1, -0.05) is 0 Å². The van der Waals surface area contributed by atoms with E-state index in [0.29, 0.717) is 26.1 Å². The Balaban J connectivity index is 2.44. The highest BCUT2D eigenvalue weighted by molar-refractivity contribution is 5.85. The minimum absolute atomic E-state index is 0.247. The molecule has 1 amide bonds. The van der Waals surface area contributed by atoms with Crippen LogP contribution in [0.25, 0.3) is 0 Å². The van der Waals surface area contributed by atoms with Crippen molar-refractivity contribution in [2.45, 2.75) is 24.9 Å². The van der Waals surface area contributed by atoms with Crippen molar-refractivity contribution in [3.05, 3.63) is 0 Å². The van der Waals surface area contributed by atoms with Gasteiger partial charge >= 0.3 is 5.97 Å². The number of methoxy groups -OCH3 is 1. The van der Waals surface area contributed by atoms with Crippen LogP contribution in [0, 0.1) is 5.92 Å². The van der Waals surface area contributed by atoms with Crippen LogP contribution in [0.4, 0.5) is 0 Å². The Morgan fingerprint density at radius 3 is 2.78 bits per heavy atom. The van der Waals surface area contributed by atoms with Gasteiger partial charge in [-0.2, -0.15) is 0 Å². The third kappa shape index (κ3) is 4.25. The van der Waals surface area contributed by atoms with E-state index in [0.717, 1.165) is 0 Å². The number of nitrogens with two attached hydrogens (primary N) is 1. The number of ether oxygens (including phenoxy) is 2. The molecule has 1 aliphatic heterocycles. The lowest BCUT2D eigenvalue weighted by atomic mass is 10.0. The second kappa shape index (κ2) is 7.30. The molecular weight excluding hydrogens is 240 g/mol. The lowest BCUT2D eigenvalue weighted by Crippen LogP contribution is -2.47. The molecule has 104 valence electrons. The van der Waals surface area contributed by atoms with E-state index in [1.807, 2.05) is 0 Å². The molecule has 0 aliphatic carbocycles. The summed E-state index contributed by atoms with van der Waals surface area (Å²) in [5.74, 6) is -1.87. The summed E-state index contributed by atoms with van der Waals surface area (Å²) in [7, 11) is 1.54. The molecule has 0 saturated carbocycles. The van der Waals surface area contributed by atoms with E-state index >= 15 is 0 Å². The van der Waals surface area contributed by atoms with Gasteiger partial charge in [-0.25, -0.2) is 4.79 Å². The SMILES string of the molecule is COCCCC(NC(=O)C1COCC1N)C(=O)O. The third-order valence-electron chi connectivity index (χ3n) is 2.92. The van der Waals surface area contributed by atoms with Gasteiger partial charge in [-0.05, 0) is 12.8 Å². The van der Waals surface area contributed by atoms with Crippen LogP contribution in [0.5, 0.6) is 0 Å². The molecule has 1 saturated heterocycles. The Labute approximate surface area is 106 Å². The number of carbonyl (C=O) groups is 2. The van der Waals surface area contributed by atoms with Gasteiger partial charge in [-0.15, -0.1) is 0 Å². The predicted octanol–water partition coefficient (Wildman–Crippen LogP) is -1.04. The number of carboxylic acid groups (broad SMARTS) is 1. The fourth-order valence-electron chi connectivity index (χ4n) is 1.81. The van der Waals surface area contributed by atoms with Crippen LogP contribution >= 0.6 is 0 Å².